The smallest absolute Gasteiger partial charge is 0.00690 e. The van der Waals surface area contributed by atoms with E-state index in [1.54, 1.807) is 11.1 Å². The first-order valence-corrected chi connectivity index (χ1v) is 9.44. The van der Waals surface area contributed by atoms with Gasteiger partial charge in [0.25, 0.3) is 0 Å². The van der Waals surface area contributed by atoms with Gasteiger partial charge in [0.1, 0.15) is 0 Å². The Hall–Kier alpha value is -2.34. The average molecular weight is 324 g/mol. The average Bonchev–Trinajstić information content (AvgIpc) is 2.63. The van der Waals surface area contributed by atoms with Crippen molar-refractivity contribution in [3.8, 4) is 0 Å². The molecule has 0 fully saturated rings. The SMILES string of the molecule is CC1CCc2ccc3c(ccc4c5ccccc5ccc34)c2C1(C)C. The second-order valence-electron chi connectivity index (χ2n) is 8.30. The quantitative estimate of drug-likeness (QED) is 0.305. The molecule has 1 aliphatic carbocycles. The standard InChI is InChI=1S/C25H24/c1-16-8-9-18-11-13-22-21-12-10-17-6-4-5-7-19(17)20(21)14-15-23(22)24(18)25(16,2)3/h4-7,10-16H,8-9H2,1-3H3. The summed E-state index contributed by atoms with van der Waals surface area (Å²) in [5.41, 5.74) is 3.37. The van der Waals surface area contributed by atoms with Crippen LogP contribution in [0, 0.1) is 5.92 Å². The van der Waals surface area contributed by atoms with Gasteiger partial charge in [-0.25, -0.2) is 0 Å². The van der Waals surface area contributed by atoms with Crippen molar-refractivity contribution in [3.05, 3.63) is 71.8 Å². The zero-order valence-corrected chi connectivity index (χ0v) is 15.3. The van der Waals surface area contributed by atoms with Gasteiger partial charge in [-0.05, 0) is 67.6 Å². The Kier molecular flexibility index (Phi) is 3.04. The van der Waals surface area contributed by atoms with Gasteiger partial charge in [0, 0.05) is 0 Å². The summed E-state index contributed by atoms with van der Waals surface area (Å²) < 4.78 is 0. The van der Waals surface area contributed by atoms with Crippen LogP contribution in [0.1, 0.15) is 38.3 Å². The Morgan fingerprint density at radius 2 is 1.36 bits per heavy atom. The minimum atomic E-state index is 0.234. The molecule has 0 bridgehead atoms. The van der Waals surface area contributed by atoms with E-state index in [9.17, 15) is 0 Å². The van der Waals surface area contributed by atoms with Crippen molar-refractivity contribution in [2.45, 2.75) is 39.0 Å². The van der Waals surface area contributed by atoms with Crippen molar-refractivity contribution >= 4 is 32.3 Å². The molecule has 0 N–H and O–H groups in total. The minimum Gasteiger partial charge on any atom is -0.0617 e. The van der Waals surface area contributed by atoms with Crippen molar-refractivity contribution in [1.29, 1.82) is 0 Å². The molecule has 4 aromatic carbocycles. The molecule has 4 aromatic rings. The molecule has 0 aliphatic heterocycles. The van der Waals surface area contributed by atoms with Crippen LogP contribution >= 0.6 is 0 Å². The predicted molar refractivity (Wildman–Crippen MR) is 109 cm³/mol. The highest BCUT2D eigenvalue weighted by atomic mass is 14.4. The molecule has 0 saturated carbocycles. The lowest BCUT2D eigenvalue weighted by Gasteiger charge is -2.39. The summed E-state index contributed by atoms with van der Waals surface area (Å²) in [5, 5.41) is 8.29. The summed E-state index contributed by atoms with van der Waals surface area (Å²) in [4.78, 5) is 0. The molecule has 0 heteroatoms. The first-order chi connectivity index (χ1) is 12.1. The number of rotatable bonds is 0. The third kappa shape index (κ3) is 2.00. The van der Waals surface area contributed by atoms with Gasteiger partial charge in [0.2, 0.25) is 0 Å². The number of hydrogen-bond donors (Lipinski definition) is 0. The van der Waals surface area contributed by atoms with Gasteiger partial charge < -0.3 is 0 Å². The molecule has 5 rings (SSSR count). The lowest BCUT2D eigenvalue weighted by Crippen LogP contribution is -2.32. The van der Waals surface area contributed by atoms with Crippen LogP contribution in [0.2, 0.25) is 0 Å². The summed E-state index contributed by atoms with van der Waals surface area (Å²) in [5.74, 6) is 0.720. The fourth-order valence-corrected chi connectivity index (χ4v) is 4.90. The van der Waals surface area contributed by atoms with Crippen molar-refractivity contribution in [2.75, 3.05) is 0 Å². The minimum absolute atomic E-state index is 0.234. The predicted octanol–water partition coefficient (Wildman–Crippen LogP) is 7.01. The van der Waals surface area contributed by atoms with Crippen LogP contribution in [0.3, 0.4) is 0 Å². The Bertz CT molecular complexity index is 1130. The van der Waals surface area contributed by atoms with Crippen molar-refractivity contribution in [1.82, 2.24) is 0 Å². The normalized spacial score (nSPS) is 19.4. The van der Waals surface area contributed by atoms with Gasteiger partial charge in [-0.2, -0.15) is 0 Å². The van der Waals surface area contributed by atoms with E-state index in [0.717, 1.165) is 5.92 Å². The van der Waals surface area contributed by atoms with Crippen LogP contribution in [0.4, 0.5) is 0 Å². The molecule has 0 saturated heterocycles. The van der Waals surface area contributed by atoms with Crippen LogP contribution in [0.15, 0.2) is 60.7 Å². The van der Waals surface area contributed by atoms with E-state index in [-0.39, 0.29) is 5.41 Å². The molecule has 0 nitrogen and oxygen atoms in total. The maximum absolute atomic E-state index is 2.43. The van der Waals surface area contributed by atoms with Crippen LogP contribution in [0.25, 0.3) is 32.3 Å². The molecule has 1 unspecified atom stereocenters. The van der Waals surface area contributed by atoms with Gasteiger partial charge >= 0.3 is 0 Å². The second-order valence-corrected chi connectivity index (χ2v) is 8.30. The Morgan fingerprint density at radius 3 is 2.24 bits per heavy atom. The molecule has 124 valence electrons. The highest BCUT2D eigenvalue weighted by Crippen LogP contribution is 2.45. The van der Waals surface area contributed by atoms with Gasteiger partial charge in [0.05, 0.1) is 0 Å². The highest BCUT2D eigenvalue weighted by molar-refractivity contribution is 6.17. The van der Waals surface area contributed by atoms with Crippen molar-refractivity contribution < 1.29 is 0 Å². The van der Waals surface area contributed by atoms with Gasteiger partial charge in [-0.15, -0.1) is 0 Å². The van der Waals surface area contributed by atoms with E-state index in [0.29, 0.717) is 0 Å². The van der Waals surface area contributed by atoms with Crippen LogP contribution in [-0.4, -0.2) is 0 Å². The molecule has 1 atom stereocenters. The Labute approximate surface area is 149 Å². The highest BCUT2D eigenvalue weighted by Gasteiger charge is 2.35. The van der Waals surface area contributed by atoms with Crippen LogP contribution < -0.4 is 0 Å². The molecule has 0 radical (unpaired) electrons. The van der Waals surface area contributed by atoms with Gasteiger partial charge in [0.15, 0.2) is 0 Å². The molecule has 0 amide bonds. The lowest BCUT2D eigenvalue weighted by atomic mass is 9.65. The molecular weight excluding hydrogens is 300 g/mol. The maximum Gasteiger partial charge on any atom is -0.00690 e. The number of fused-ring (bicyclic) bond motifs is 7. The van der Waals surface area contributed by atoms with Crippen LogP contribution in [-0.2, 0) is 11.8 Å². The van der Waals surface area contributed by atoms with E-state index < -0.39 is 0 Å². The van der Waals surface area contributed by atoms with E-state index in [4.69, 9.17) is 0 Å². The maximum atomic E-state index is 2.43. The van der Waals surface area contributed by atoms with Crippen LogP contribution in [0.5, 0.6) is 0 Å². The molecule has 1 aliphatic rings. The largest absolute Gasteiger partial charge is 0.0617 e. The number of hydrogen-bond acceptors (Lipinski definition) is 0. The fourth-order valence-electron chi connectivity index (χ4n) is 4.90. The van der Waals surface area contributed by atoms with Gasteiger partial charge in [-0.1, -0.05) is 81.4 Å². The third-order valence-corrected chi connectivity index (χ3v) is 6.73. The van der Waals surface area contributed by atoms with Crippen molar-refractivity contribution in [2.24, 2.45) is 5.92 Å². The Balaban J connectivity index is 1.93. The molecule has 0 aromatic heterocycles. The molecular formula is C25H24. The summed E-state index contributed by atoms with van der Waals surface area (Å²) in [6.45, 7) is 7.27. The summed E-state index contributed by atoms with van der Waals surface area (Å²) in [7, 11) is 0. The van der Waals surface area contributed by atoms with E-state index in [2.05, 4.69) is 81.4 Å². The first kappa shape index (κ1) is 15.0. The topological polar surface area (TPSA) is 0 Å². The molecule has 0 heterocycles. The summed E-state index contributed by atoms with van der Waals surface area (Å²) in [6.07, 6.45) is 2.51. The number of aryl methyl sites for hydroxylation is 1. The zero-order chi connectivity index (χ0) is 17.2. The molecule has 0 spiro atoms. The summed E-state index contributed by atoms with van der Waals surface area (Å²) in [6, 6.07) is 22.8. The van der Waals surface area contributed by atoms with Crippen molar-refractivity contribution in [3.63, 3.8) is 0 Å². The fraction of sp³-hybridized carbons (Fsp3) is 0.280. The van der Waals surface area contributed by atoms with Gasteiger partial charge in [-0.3, -0.25) is 0 Å². The number of benzene rings is 4. The van der Waals surface area contributed by atoms with E-state index in [1.165, 1.54) is 45.2 Å². The third-order valence-electron chi connectivity index (χ3n) is 6.73. The first-order valence-electron chi connectivity index (χ1n) is 9.44. The second kappa shape index (κ2) is 5.08. The van der Waals surface area contributed by atoms with E-state index >= 15 is 0 Å². The Morgan fingerprint density at radius 1 is 0.720 bits per heavy atom. The summed E-state index contributed by atoms with van der Waals surface area (Å²) >= 11 is 0. The molecule has 25 heavy (non-hydrogen) atoms. The lowest BCUT2D eigenvalue weighted by molar-refractivity contribution is 0.305. The van der Waals surface area contributed by atoms with E-state index in [1.807, 2.05) is 0 Å². The zero-order valence-electron chi connectivity index (χ0n) is 15.3. The monoisotopic (exact) mass is 324 g/mol.